The molecule has 1 aliphatic heterocycles. The summed E-state index contributed by atoms with van der Waals surface area (Å²) < 4.78 is 0. The van der Waals surface area contributed by atoms with Crippen molar-refractivity contribution in [3.63, 3.8) is 0 Å². The van der Waals surface area contributed by atoms with E-state index in [2.05, 4.69) is 25.4 Å². The van der Waals surface area contributed by atoms with Gasteiger partial charge in [0.1, 0.15) is 0 Å². The number of carbonyl (C=O) groups is 1. The van der Waals surface area contributed by atoms with Gasteiger partial charge in [0.05, 0.1) is 6.54 Å². The lowest BCUT2D eigenvalue weighted by Gasteiger charge is -2.36. The van der Waals surface area contributed by atoms with Crippen LogP contribution in [0, 0.1) is 11.8 Å². The Labute approximate surface area is 181 Å². The summed E-state index contributed by atoms with van der Waals surface area (Å²) in [5, 5.41) is 6.69. The van der Waals surface area contributed by atoms with Gasteiger partial charge in [0.2, 0.25) is 5.91 Å². The number of amides is 1. The Morgan fingerprint density at radius 3 is 2.37 bits per heavy atom. The third-order valence-corrected chi connectivity index (χ3v) is 6.11. The minimum absolute atomic E-state index is 0. The Kier molecular flexibility index (Phi) is 9.11. The van der Waals surface area contributed by atoms with Crippen molar-refractivity contribution in [2.24, 2.45) is 16.8 Å². The number of hydrogen-bond donors (Lipinski definition) is 2. The van der Waals surface area contributed by atoms with E-state index in [0.717, 1.165) is 44.0 Å². The lowest BCUT2D eigenvalue weighted by molar-refractivity contribution is -0.123. The number of aliphatic imine (C=N–C) groups is 1. The van der Waals surface area contributed by atoms with Gasteiger partial charge in [0.15, 0.2) is 5.96 Å². The zero-order chi connectivity index (χ0) is 18.5. The summed E-state index contributed by atoms with van der Waals surface area (Å²) in [4.78, 5) is 21.1. The highest BCUT2D eigenvalue weighted by Gasteiger charge is 2.43. The van der Waals surface area contributed by atoms with Gasteiger partial charge in [0, 0.05) is 45.3 Å². The van der Waals surface area contributed by atoms with E-state index >= 15 is 0 Å². The molecule has 0 spiro atoms. The largest absolute Gasteiger partial charge is 0.353 e. The van der Waals surface area contributed by atoms with Gasteiger partial charge in [-0.1, -0.05) is 32.1 Å². The third kappa shape index (κ3) is 6.76. The maximum absolute atomic E-state index is 11.9. The number of nitrogens with one attached hydrogen (secondary N) is 2. The standard InChI is InChI=1S/C20H37N5O.HI/c1-15(2)22-19(26)14-24-9-11-25(12-10-24)20(21-3)23-18-13-17(18)16-7-5-4-6-8-16;/h15-18H,4-14H2,1-3H3,(H,21,23)(H,22,26);1H. The number of carbonyl (C=O) groups excluding carboxylic acids is 1. The van der Waals surface area contributed by atoms with Gasteiger partial charge in [-0.25, -0.2) is 0 Å². The first-order valence-corrected chi connectivity index (χ1v) is 10.6. The van der Waals surface area contributed by atoms with Crippen LogP contribution in [-0.4, -0.2) is 73.5 Å². The molecule has 1 saturated heterocycles. The molecule has 1 amide bonds. The first kappa shape index (κ1) is 22.7. The molecule has 6 nitrogen and oxygen atoms in total. The fourth-order valence-corrected chi connectivity index (χ4v) is 4.62. The second-order valence-corrected chi connectivity index (χ2v) is 8.58. The number of piperazine rings is 1. The molecule has 1 heterocycles. The van der Waals surface area contributed by atoms with Crippen molar-refractivity contribution in [1.82, 2.24) is 20.4 Å². The molecule has 0 radical (unpaired) electrons. The van der Waals surface area contributed by atoms with E-state index in [4.69, 9.17) is 0 Å². The summed E-state index contributed by atoms with van der Waals surface area (Å²) in [6, 6.07) is 0.842. The van der Waals surface area contributed by atoms with Gasteiger partial charge in [-0.3, -0.25) is 14.7 Å². The van der Waals surface area contributed by atoms with E-state index in [1.807, 2.05) is 20.9 Å². The van der Waals surface area contributed by atoms with E-state index in [1.165, 1.54) is 38.5 Å². The van der Waals surface area contributed by atoms with Gasteiger partial charge in [0.25, 0.3) is 0 Å². The van der Waals surface area contributed by atoms with Crippen LogP contribution in [-0.2, 0) is 4.79 Å². The molecule has 2 unspecified atom stereocenters. The van der Waals surface area contributed by atoms with Gasteiger partial charge >= 0.3 is 0 Å². The summed E-state index contributed by atoms with van der Waals surface area (Å²) in [6.45, 7) is 8.23. The van der Waals surface area contributed by atoms with Crippen LogP contribution in [0.25, 0.3) is 0 Å². The van der Waals surface area contributed by atoms with Crippen molar-refractivity contribution in [3.05, 3.63) is 0 Å². The van der Waals surface area contributed by atoms with Crippen LogP contribution >= 0.6 is 24.0 Å². The number of nitrogens with zero attached hydrogens (tertiary/aromatic N) is 3. The molecule has 2 saturated carbocycles. The van der Waals surface area contributed by atoms with E-state index in [9.17, 15) is 4.79 Å². The van der Waals surface area contributed by atoms with Crippen LogP contribution in [0.1, 0.15) is 52.4 Å². The molecule has 2 aliphatic carbocycles. The second-order valence-electron chi connectivity index (χ2n) is 8.58. The molecule has 2 atom stereocenters. The zero-order valence-electron chi connectivity index (χ0n) is 17.2. The molecule has 3 aliphatic rings. The van der Waals surface area contributed by atoms with E-state index < -0.39 is 0 Å². The number of hydrogen-bond acceptors (Lipinski definition) is 3. The Morgan fingerprint density at radius 1 is 1.11 bits per heavy atom. The molecule has 3 fully saturated rings. The lowest BCUT2D eigenvalue weighted by Crippen LogP contribution is -2.54. The highest BCUT2D eigenvalue weighted by molar-refractivity contribution is 14.0. The Balaban J connectivity index is 0.00000261. The van der Waals surface area contributed by atoms with Crippen molar-refractivity contribution in [3.8, 4) is 0 Å². The van der Waals surface area contributed by atoms with Crippen LogP contribution < -0.4 is 10.6 Å². The molecular formula is C20H38IN5O. The lowest BCUT2D eigenvalue weighted by atomic mass is 9.85. The van der Waals surface area contributed by atoms with Crippen molar-refractivity contribution < 1.29 is 4.79 Å². The minimum atomic E-state index is 0. The van der Waals surface area contributed by atoms with Crippen molar-refractivity contribution >= 4 is 35.8 Å². The molecule has 7 heteroatoms. The van der Waals surface area contributed by atoms with Crippen LogP contribution in [0.2, 0.25) is 0 Å². The van der Waals surface area contributed by atoms with E-state index in [-0.39, 0.29) is 35.9 Å². The van der Waals surface area contributed by atoms with Crippen LogP contribution in [0.5, 0.6) is 0 Å². The van der Waals surface area contributed by atoms with E-state index in [1.54, 1.807) is 0 Å². The van der Waals surface area contributed by atoms with Crippen molar-refractivity contribution in [2.75, 3.05) is 39.8 Å². The highest BCUT2D eigenvalue weighted by atomic mass is 127. The van der Waals surface area contributed by atoms with Crippen molar-refractivity contribution in [1.29, 1.82) is 0 Å². The van der Waals surface area contributed by atoms with Crippen LogP contribution in [0.3, 0.4) is 0 Å². The Bertz CT molecular complexity index is 499. The highest BCUT2D eigenvalue weighted by Crippen LogP contribution is 2.44. The average molecular weight is 491 g/mol. The molecular weight excluding hydrogens is 453 g/mol. The van der Waals surface area contributed by atoms with Crippen molar-refractivity contribution in [2.45, 2.75) is 64.5 Å². The monoisotopic (exact) mass is 491 g/mol. The first-order valence-electron chi connectivity index (χ1n) is 10.6. The predicted octanol–water partition coefficient (Wildman–Crippen LogP) is 2.29. The number of halogens is 1. The molecule has 0 aromatic heterocycles. The molecule has 3 rings (SSSR count). The fraction of sp³-hybridized carbons (Fsp3) is 0.900. The van der Waals surface area contributed by atoms with E-state index in [0.29, 0.717) is 12.6 Å². The summed E-state index contributed by atoms with van der Waals surface area (Å²) in [5.74, 6) is 2.99. The molecule has 27 heavy (non-hydrogen) atoms. The first-order chi connectivity index (χ1) is 12.6. The quantitative estimate of drug-likeness (QED) is 0.352. The summed E-state index contributed by atoms with van der Waals surface area (Å²) in [5.41, 5.74) is 0. The molecule has 2 N–H and O–H groups in total. The third-order valence-electron chi connectivity index (χ3n) is 6.11. The minimum Gasteiger partial charge on any atom is -0.353 e. The van der Waals surface area contributed by atoms with Gasteiger partial charge in [-0.15, -0.1) is 24.0 Å². The Morgan fingerprint density at radius 2 is 1.78 bits per heavy atom. The predicted molar refractivity (Wildman–Crippen MR) is 122 cm³/mol. The number of guanidine groups is 1. The normalized spacial score (nSPS) is 27.3. The second kappa shape index (κ2) is 10.8. The summed E-state index contributed by atoms with van der Waals surface area (Å²) >= 11 is 0. The molecule has 156 valence electrons. The Hall–Kier alpha value is -0.570. The fourth-order valence-electron chi connectivity index (χ4n) is 4.62. The topological polar surface area (TPSA) is 60.0 Å². The SMILES string of the molecule is CN=C(NC1CC1C1CCCCC1)N1CCN(CC(=O)NC(C)C)CC1.I. The van der Waals surface area contributed by atoms with Gasteiger partial charge in [-0.2, -0.15) is 0 Å². The van der Waals surface area contributed by atoms with Crippen LogP contribution in [0.4, 0.5) is 0 Å². The zero-order valence-corrected chi connectivity index (χ0v) is 19.6. The molecule has 0 aromatic rings. The average Bonchev–Trinajstić information content (AvgIpc) is 3.40. The molecule has 0 bridgehead atoms. The maximum Gasteiger partial charge on any atom is 0.234 e. The van der Waals surface area contributed by atoms with Gasteiger partial charge < -0.3 is 15.5 Å². The number of rotatable bonds is 5. The summed E-state index contributed by atoms with van der Waals surface area (Å²) in [7, 11) is 1.89. The molecule has 0 aromatic carbocycles. The maximum atomic E-state index is 11.9. The summed E-state index contributed by atoms with van der Waals surface area (Å²) in [6.07, 6.45) is 8.46. The van der Waals surface area contributed by atoms with Gasteiger partial charge in [-0.05, 0) is 32.1 Å². The smallest absolute Gasteiger partial charge is 0.234 e. The van der Waals surface area contributed by atoms with Crippen LogP contribution in [0.15, 0.2) is 4.99 Å².